The molecule has 2 aliphatic rings. The Bertz CT molecular complexity index is 1300. The minimum atomic E-state index is -0.723. The van der Waals surface area contributed by atoms with Crippen LogP contribution >= 0.6 is 11.3 Å². The van der Waals surface area contributed by atoms with Crippen molar-refractivity contribution in [2.75, 3.05) is 45.6 Å². The van der Waals surface area contributed by atoms with Crippen molar-refractivity contribution in [1.29, 1.82) is 5.26 Å². The molecule has 2 aromatic heterocycles. The van der Waals surface area contributed by atoms with Crippen LogP contribution in [0.2, 0.25) is 0 Å². The van der Waals surface area contributed by atoms with Gasteiger partial charge in [0.25, 0.3) is 0 Å². The lowest BCUT2D eigenvalue weighted by atomic mass is 9.81. The zero-order chi connectivity index (χ0) is 30.9. The number of nitrogens with zero attached hydrogens (tertiary/aromatic N) is 3. The molecule has 3 unspecified atom stereocenters. The van der Waals surface area contributed by atoms with Gasteiger partial charge in [-0.1, -0.05) is 20.3 Å². The van der Waals surface area contributed by atoms with Gasteiger partial charge < -0.3 is 37.1 Å². The quantitative estimate of drug-likeness (QED) is 0.118. The van der Waals surface area contributed by atoms with Gasteiger partial charge in [0, 0.05) is 35.4 Å². The van der Waals surface area contributed by atoms with Gasteiger partial charge in [-0.3, -0.25) is 0 Å². The van der Waals surface area contributed by atoms with Gasteiger partial charge in [-0.2, -0.15) is 10.2 Å². The fourth-order valence-corrected chi connectivity index (χ4v) is 7.55. The number of anilines is 1. The highest BCUT2D eigenvalue weighted by atomic mass is 32.1. The number of nitrogen functional groups attached to an aromatic ring is 1. The Morgan fingerprint density at radius 2 is 2.07 bits per heavy atom. The summed E-state index contributed by atoms with van der Waals surface area (Å²) >= 11 is 1.45. The molecular formula is C32H49N7O3S. The Balaban J connectivity index is 1.70. The first kappa shape index (κ1) is 33.1. The van der Waals surface area contributed by atoms with Crippen LogP contribution in [0.3, 0.4) is 0 Å². The van der Waals surface area contributed by atoms with Crippen LogP contribution in [-0.2, 0) is 12.8 Å². The topological polar surface area (TPSA) is 175 Å². The predicted molar refractivity (Wildman–Crippen MR) is 171 cm³/mol. The molecule has 0 aromatic carbocycles. The smallest absolute Gasteiger partial charge is 0.220 e. The maximum atomic E-state index is 11.8. The second-order valence-corrected chi connectivity index (χ2v) is 13.1. The Morgan fingerprint density at radius 1 is 1.26 bits per heavy atom. The zero-order valence-electron chi connectivity index (χ0n) is 25.9. The Hall–Kier alpha value is -2.75. The minimum absolute atomic E-state index is 0.0793. The molecule has 43 heavy (non-hydrogen) atoms. The van der Waals surface area contributed by atoms with E-state index < -0.39 is 6.04 Å². The van der Waals surface area contributed by atoms with Gasteiger partial charge in [0.1, 0.15) is 16.8 Å². The van der Waals surface area contributed by atoms with Gasteiger partial charge in [-0.15, -0.1) is 11.3 Å². The second-order valence-electron chi connectivity index (χ2n) is 11.9. The van der Waals surface area contributed by atoms with Gasteiger partial charge in [-0.25, -0.2) is 4.98 Å². The number of hydrogen-bond donors (Lipinski definition) is 6. The monoisotopic (exact) mass is 611 g/mol. The molecule has 0 saturated carbocycles. The molecule has 10 nitrogen and oxygen atoms in total. The van der Waals surface area contributed by atoms with E-state index in [1.165, 1.54) is 11.3 Å². The van der Waals surface area contributed by atoms with Crippen LogP contribution in [0.25, 0.3) is 0 Å². The number of fused-ring (bicyclic) bond motifs is 2. The highest BCUT2D eigenvalue weighted by molar-refractivity contribution is 7.16. The molecule has 0 aliphatic heterocycles. The molecule has 2 heterocycles. The van der Waals surface area contributed by atoms with Crippen molar-refractivity contribution in [2.45, 2.75) is 89.5 Å². The number of allylic oxidation sites excluding steroid dienone is 1. The maximum absolute atomic E-state index is 11.8. The largest absolute Gasteiger partial charge is 0.512 e. The summed E-state index contributed by atoms with van der Waals surface area (Å²) in [4.78, 5) is 11.0. The SMILES string of the molecule is CCC/C(=C(/O)C1CCCc2sc(N)c(C#N)c21)C(N)c1nc(OCC(C)CCCNC)c2c(n1)[C@@H](CNCCO)CC2. The lowest BCUT2D eigenvalue weighted by Crippen LogP contribution is -2.25. The second kappa shape index (κ2) is 15.8. The van der Waals surface area contributed by atoms with Crippen LogP contribution in [0, 0.1) is 17.2 Å². The number of aryl methyl sites for hydroxylation is 1. The summed E-state index contributed by atoms with van der Waals surface area (Å²) in [6, 6.07) is 1.55. The van der Waals surface area contributed by atoms with Gasteiger partial charge in [0.15, 0.2) is 5.82 Å². The van der Waals surface area contributed by atoms with Gasteiger partial charge in [0.2, 0.25) is 5.88 Å². The molecule has 11 heteroatoms. The van der Waals surface area contributed by atoms with Crippen LogP contribution in [-0.4, -0.2) is 60.1 Å². The molecule has 0 radical (unpaired) electrons. The van der Waals surface area contributed by atoms with E-state index in [9.17, 15) is 15.5 Å². The molecule has 2 aromatic rings. The Kier molecular flexibility index (Phi) is 12.2. The first-order chi connectivity index (χ1) is 20.8. The predicted octanol–water partition coefficient (Wildman–Crippen LogP) is 4.35. The third kappa shape index (κ3) is 7.67. The average molecular weight is 612 g/mol. The summed E-state index contributed by atoms with van der Waals surface area (Å²) in [5.74, 6) is 1.46. The number of nitriles is 1. The van der Waals surface area contributed by atoms with E-state index in [1.807, 2.05) is 7.05 Å². The number of nitrogens with one attached hydrogen (secondary N) is 2. The first-order valence-electron chi connectivity index (χ1n) is 15.8. The first-order valence-corrected chi connectivity index (χ1v) is 16.6. The summed E-state index contributed by atoms with van der Waals surface area (Å²) in [7, 11) is 1.96. The normalized spacial score (nSPS) is 19.7. The molecule has 236 valence electrons. The zero-order valence-corrected chi connectivity index (χ0v) is 26.7. The van der Waals surface area contributed by atoms with E-state index in [1.54, 1.807) is 0 Å². The number of thiophene rings is 1. The third-order valence-corrected chi connectivity index (χ3v) is 9.79. The van der Waals surface area contributed by atoms with Crippen molar-refractivity contribution in [3.05, 3.63) is 44.4 Å². The molecule has 0 spiro atoms. The molecule has 0 amide bonds. The van der Waals surface area contributed by atoms with E-state index in [2.05, 4.69) is 30.6 Å². The molecule has 2 aliphatic carbocycles. The number of aliphatic hydroxyl groups excluding tert-OH is 2. The lowest BCUT2D eigenvalue weighted by Gasteiger charge is -2.27. The molecule has 0 bridgehead atoms. The molecule has 4 rings (SSSR count). The molecular weight excluding hydrogens is 562 g/mol. The molecule has 4 atom stereocenters. The highest BCUT2D eigenvalue weighted by Gasteiger charge is 2.35. The van der Waals surface area contributed by atoms with Gasteiger partial charge in [-0.05, 0) is 82.0 Å². The van der Waals surface area contributed by atoms with E-state index in [4.69, 9.17) is 26.2 Å². The highest BCUT2D eigenvalue weighted by Crippen LogP contribution is 2.46. The maximum Gasteiger partial charge on any atom is 0.220 e. The van der Waals surface area contributed by atoms with Crippen LogP contribution in [0.15, 0.2) is 11.3 Å². The van der Waals surface area contributed by atoms with E-state index in [-0.39, 0.29) is 24.2 Å². The summed E-state index contributed by atoms with van der Waals surface area (Å²) in [6.07, 6.45) is 7.73. The van der Waals surface area contributed by atoms with Gasteiger partial charge in [0.05, 0.1) is 30.5 Å². The number of nitrogens with two attached hydrogens (primary N) is 2. The van der Waals surface area contributed by atoms with Crippen LogP contribution < -0.4 is 26.8 Å². The number of rotatable bonds is 16. The van der Waals surface area contributed by atoms with Crippen molar-refractivity contribution >= 4 is 16.3 Å². The van der Waals surface area contributed by atoms with Crippen LogP contribution in [0.4, 0.5) is 5.00 Å². The summed E-state index contributed by atoms with van der Waals surface area (Å²) < 4.78 is 6.39. The average Bonchev–Trinajstić information content (AvgIpc) is 3.57. The van der Waals surface area contributed by atoms with E-state index >= 15 is 0 Å². The number of hydrogen-bond acceptors (Lipinski definition) is 11. The van der Waals surface area contributed by atoms with Gasteiger partial charge >= 0.3 is 0 Å². The molecule has 8 N–H and O–H groups in total. The Labute approximate surface area is 259 Å². The standard InChI is InChI=1S/C32H49N7O3S/c1-4-7-22(29(41)21-9-5-10-25-26(21)24(16-33)30(35)43-25)27(34)31-38-28-20(17-37-14-15-40)11-12-23(28)32(39-31)42-18-19(2)8-6-13-36-3/h19-21,27,36-37,40-41H,4-15,17-18,34-35H2,1-3H3/b29-22-/t19?,20-,21?,27?/m1/s1. The van der Waals surface area contributed by atoms with Crippen LogP contribution in [0.5, 0.6) is 5.88 Å². The number of aromatic nitrogens is 2. The fraction of sp³-hybridized carbons (Fsp3) is 0.656. The minimum Gasteiger partial charge on any atom is -0.512 e. The number of ether oxygens (including phenoxy) is 1. The summed E-state index contributed by atoms with van der Waals surface area (Å²) in [6.45, 7) is 7.08. The van der Waals surface area contributed by atoms with Crippen molar-refractivity contribution in [3.8, 4) is 11.9 Å². The van der Waals surface area contributed by atoms with E-state index in [0.717, 1.165) is 79.6 Å². The lowest BCUT2D eigenvalue weighted by molar-refractivity contribution is 0.238. The van der Waals surface area contributed by atoms with Crippen molar-refractivity contribution in [1.82, 2.24) is 20.6 Å². The molecule has 0 saturated heterocycles. The van der Waals surface area contributed by atoms with E-state index in [0.29, 0.717) is 59.9 Å². The van der Waals surface area contributed by atoms with Crippen LogP contribution in [0.1, 0.15) is 110 Å². The fourth-order valence-electron chi connectivity index (χ4n) is 6.43. The Morgan fingerprint density at radius 3 is 2.79 bits per heavy atom. The third-order valence-electron chi connectivity index (χ3n) is 8.69. The summed E-state index contributed by atoms with van der Waals surface area (Å²) in [5, 5.41) is 38.0. The van der Waals surface area contributed by atoms with Crippen molar-refractivity contribution < 1.29 is 14.9 Å². The van der Waals surface area contributed by atoms with Crippen molar-refractivity contribution in [3.63, 3.8) is 0 Å². The van der Waals surface area contributed by atoms with Crippen molar-refractivity contribution in [2.24, 2.45) is 11.7 Å². The molecule has 0 fully saturated rings. The summed E-state index contributed by atoms with van der Waals surface area (Å²) in [5.41, 5.74) is 17.2. The number of aliphatic hydroxyl groups is 2.